The number of aryl methyl sites for hydroxylation is 1. The lowest BCUT2D eigenvalue weighted by Gasteiger charge is -2.35. The van der Waals surface area contributed by atoms with Gasteiger partial charge in [-0.15, -0.1) is 0 Å². The maximum atomic E-state index is 13.8. The summed E-state index contributed by atoms with van der Waals surface area (Å²) in [5, 5.41) is 3.78. The van der Waals surface area contributed by atoms with Gasteiger partial charge in [-0.25, -0.2) is 9.78 Å². The molecule has 0 aliphatic rings. The second kappa shape index (κ2) is 8.17. The number of carbonyl (C=O) groups excluding carboxylic acids is 2. The van der Waals surface area contributed by atoms with E-state index in [9.17, 15) is 22.8 Å². The van der Waals surface area contributed by atoms with Crippen molar-refractivity contribution in [3.8, 4) is 0 Å². The average molecular weight is 361 g/mol. The normalized spacial score (nSPS) is 13.9. The number of rotatable bonds is 7. The molecule has 0 aliphatic carbocycles. The van der Waals surface area contributed by atoms with Gasteiger partial charge in [-0.1, -0.05) is 19.9 Å². The molecule has 0 bridgehead atoms. The first kappa shape index (κ1) is 20.7. The third kappa shape index (κ3) is 5.33. The topological polar surface area (TPSA) is 80.3 Å². The van der Waals surface area contributed by atoms with E-state index in [0.717, 1.165) is 0 Å². The highest BCUT2D eigenvalue weighted by atomic mass is 19.4. The molecule has 0 saturated carbocycles. The van der Waals surface area contributed by atoms with Gasteiger partial charge in [-0.3, -0.25) is 4.79 Å². The van der Waals surface area contributed by atoms with Gasteiger partial charge < -0.3 is 15.4 Å². The summed E-state index contributed by atoms with van der Waals surface area (Å²) < 4.78 is 46.1. The minimum atomic E-state index is -5.16. The van der Waals surface area contributed by atoms with Gasteiger partial charge in [-0.2, -0.15) is 13.2 Å². The Balaban J connectivity index is 3.33. The first-order valence-electron chi connectivity index (χ1n) is 7.78. The molecule has 1 atom stereocenters. The minimum absolute atomic E-state index is 0.180. The van der Waals surface area contributed by atoms with Crippen LogP contribution in [0.5, 0.6) is 0 Å². The van der Waals surface area contributed by atoms with E-state index < -0.39 is 23.7 Å². The van der Waals surface area contributed by atoms with Crippen molar-refractivity contribution in [3.05, 3.63) is 23.9 Å². The average Bonchev–Trinajstić information content (AvgIpc) is 2.44. The van der Waals surface area contributed by atoms with Crippen LogP contribution in [0.25, 0.3) is 0 Å². The number of esters is 1. The number of hydrogen-bond donors (Lipinski definition) is 2. The molecular formula is C16H22F3N3O3. The van der Waals surface area contributed by atoms with Gasteiger partial charge in [0, 0.05) is 12.1 Å². The van der Waals surface area contributed by atoms with Crippen molar-refractivity contribution in [1.29, 1.82) is 0 Å². The van der Waals surface area contributed by atoms with E-state index in [1.54, 1.807) is 32.2 Å². The summed E-state index contributed by atoms with van der Waals surface area (Å²) in [5.74, 6) is -2.98. The fourth-order valence-corrected chi connectivity index (χ4v) is 2.07. The molecule has 1 amide bonds. The summed E-state index contributed by atoms with van der Waals surface area (Å²) >= 11 is 0. The molecule has 1 unspecified atom stereocenters. The Kier molecular flexibility index (Phi) is 6.78. The Morgan fingerprint density at radius 1 is 1.28 bits per heavy atom. The zero-order valence-electron chi connectivity index (χ0n) is 14.5. The molecule has 1 aromatic heterocycles. The molecule has 0 fully saturated rings. The second-order valence-electron chi connectivity index (χ2n) is 5.90. The molecule has 0 radical (unpaired) electrons. The number of amides is 1. The number of carbonyl (C=O) groups is 2. The molecule has 6 nitrogen and oxygen atoms in total. The molecule has 0 saturated heterocycles. The fraction of sp³-hybridized carbons (Fsp3) is 0.562. The number of halogens is 3. The quantitative estimate of drug-likeness (QED) is 0.577. The number of aromatic nitrogens is 1. The molecule has 25 heavy (non-hydrogen) atoms. The lowest BCUT2D eigenvalue weighted by atomic mass is 10.1. The molecule has 140 valence electrons. The highest BCUT2D eigenvalue weighted by Crippen LogP contribution is 2.33. The molecule has 2 N–H and O–H groups in total. The van der Waals surface area contributed by atoms with E-state index in [1.807, 2.05) is 5.32 Å². The number of alkyl halides is 3. The van der Waals surface area contributed by atoms with Gasteiger partial charge in [0.05, 0.1) is 6.61 Å². The number of ether oxygens (including phenoxy) is 1. The Morgan fingerprint density at radius 2 is 1.92 bits per heavy atom. The van der Waals surface area contributed by atoms with Crippen molar-refractivity contribution in [1.82, 2.24) is 10.3 Å². The third-order valence-corrected chi connectivity index (χ3v) is 3.13. The summed E-state index contributed by atoms with van der Waals surface area (Å²) in [6.07, 6.45) is -5.34. The SMILES string of the molecule is CCOC(=O)C(NC(=O)CC(C)C)(Nc1cccc(C)n1)C(F)(F)F. The maximum absolute atomic E-state index is 13.8. The van der Waals surface area contributed by atoms with E-state index in [-0.39, 0.29) is 24.8 Å². The number of anilines is 1. The smallest absolute Gasteiger partial charge is 0.441 e. The largest absolute Gasteiger partial charge is 0.463 e. The molecule has 9 heteroatoms. The van der Waals surface area contributed by atoms with Crippen molar-refractivity contribution in [2.24, 2.45) is 5.92 Å². The number of nitrogens with zero attached hydrogens (tertiary/aromatic N) is 1. The number of hydrogen-bond acceptors (Lipinski definition) is 5. The van der Waals surface area contributed by atoms with E-state index >= 15 is 0 Å². The zero-order chi connectivity index (χ0) is 19.3. The van der Waals surface area contributed by atoms with Crippen molar-refractivity contribution in [2.45, 2.75) is 46.0 Å². The van der Waals surface area contributed by atoms with Crippen LogP contribution in [0.15, 0.2) is 18.2 Å². The van der Waals surface area contributed by atoms with Gasteiger partial charge in [0.1, 0.15) is 5.82 Å². The maximum Gasteiger partial charge on any atom is 0.441 e. The molecule has 0 aliphatic heterocycles. The van der Waals surface area contributed by atoms with Crippen molar-refractivity contribution >= 4 is 17.7 Å². The lowest BCUT2D eigenvalue weighted by molar-refractivity contribution is -0.208. The first-order valence-corrected chi connectivity index (χ1v) is 7.78. The van der Waals surface area contributed by atoms with Crippen molar-refractivity contribution in [2.75, 3.05) is 11.9 Å². The van der Waals surface area contributed by atoms with Crippen LogP contribution in [0, 0.1) is 12.8 Å². The molecule has 0 spiro atoms. The van der Waals surface area contributed by atoms with Crippen LogP contribution >= 0.6 is 0 Å². The van der Waals surface area contributed by atoms with E-state index in [2.05, 4.69) is 9.72 Å². The standard InChI is InChI=1S/C16H22F3N3O3/c1-5-25-14(24)15(16(17,18)19,22-13(23)9-10(2)3)21-12-8-6-7-11(4)20-12/h6-8,10H,5,9H2,1-4H3,(H,20,21)(H,22,23). The Morgan fingerprint density at radius 3 is 2.40 bits per heavy atom. The Bertz CT molecular complexity index is 620. The van der Waals surface area contributed by atoms with Gasteiger partial charge in [-0.05, 0) is 31.9 Å². The van der Waals surface area contributed by atoms with Gasteiger partial charge in [0.2, 0.25) is 5.91 Å². The Hall–Kier alpha value is -2.32. The summed E-state index contributed by atoms with van der Waals surface area (Å²) in [6, 6.07) is 4.33. The van der Waals surface area contributed by atoms with Gasteiger partial charge in [0.25, 0.3) is 0 Å². The summed E-state index contributed by atoms with van der Waals surface area (Å²) in [4.78, 5) is 28.1. The van der Waals surface area contributed by atoms with Crippen LogP contribution in [0.1, 0.15) is 32.9 Å². The summed E-state index contributed by atoms with van der Waals surface area (Å²) in [7, 11) is 0. The van der Waals surface area contributed by atoms with Crippen LogP contribution < -0.4 is 10.6 Å². The molecule has 1 heterocycles. The summed E-state index contributed by atoms with van der Waals surface area (Å²) in [5.41, 5.74) is -2.98. The highest BCUT2D eigenvalue weighted by molar-refractivity contribution is 5.91. The van der Waals surface area contributed by atoms with Gasteiger partial charge >= 0.3 is 17.8 Å². The molecule has 1 rings (SSSR count). The number of nitrogens with one attached hydrogen (secondary N) is 2. The number of pyridine rings is 1. The first-order chi connectivity index (χ1) is 11.5. The zero-order valence-corrected chi connectivity index (χ0v) is 14.5. The molecular weight excluding hydrogens is 339 g/mol. The predicted octanol–water partition coefficient (Wildman–Crippen LogP) is 2.79. The van der Waals surface area contributed by atoms with Crippen LogP contribution in [0.4, 0.5) is 19.0 Å². The van der Waals surface area contributed by atoms with Crippen molar-refractivity contribution < 1.29 is 27.5 Å². The van der Waals surface area contributed by atoms with Crippen LogP contribution in [0.2, 0.25) is 0 Å². The van der Waals surface area contributed by atoms with Crippen LogP contribution in [-0.2, 0) is 14.3 Å². The highest BCUT2D eigenvalue weighted by Gasteiger charge is 2.63. The van der Waals surface area contributed by atoms with Crippen molar-refractivity contribution in [3.63, 3.8) is 0 Å². The fourth-order valence-electron chi connectivity index (χ4n) is 2.07. The minimum Gasteiger partial charge on any atom is -0.463 e. The monoisotopic (exact) mass is 361 g/mol. The van der Waals surface area contributed by atoms with Crippen LogP contribution in [-0.4, -0.2) is 35.3 Å². The lowest BCUT2D eigenvalue weighted by Crippen LogP contribution is -2.69. The van der Waals surface area contributed by atoms with E-state index in [1.165, 1.54) is 19.1 Å². The second-order valence-corrected chi connectivity index (χ2v) is 5.90. The predicted molar refractivity (Wildman–Crippen MR) is 85.6 cm³/mol. The van der Waals surface area contributed by atoms with E-state index in [4.69, 9.17) is 0 Å². The summed E-state index contributed by atoms with van der Waals surface area (Å²) in [6.45, 7) is 6.03. The Labute approximate surface area is 144 Å². The van der Waals surface area contributed by atoms with E-state index in [0.29, 0.717) is 5.69 Å². The molecule has 1 aromatic rings. The van der Waals surface area contributed by atoms with Crippen LogP contribution in [0.3, 0.4) is 0 Å². The van der Waals surface area contributed by atoms with Gasteiger partial charge in [0.15, 0.2) is 0 Å². The molecule has 0 aromatic carbocycles. The third-order valence-electron chi connectivity index (χ3n) is 3.13.